The minimum Gasteiger partial charge on any atom is -0.484 e. The van der Waals surface area contributed by atoms with Gasteiger partial charge in [0.05, 0.1) is 6.04 Å². The molecular weight excluding hydrogens is 380 g/mol. The number of nitrogens with zero attached hydrogens (tertiary/aromatic N) is 4. The maximum Gasteiger partial charge on any atom is 0.260 e. The van der Waals surface area contributed by atoms with E-state index in [0.29, 0.717) is 5.89 Å². The molecule has 0 bridgehead atoms. The fourth-order valence-electron chi connectivity index (χ4n) is 4.71. The number of piperidine rings is 1. The Morgan fingerprint density at radius 1 is 1.33 bits per heavy atom. The van der Waals surface area contributed by atoms with Gasteiger partial charge < -0.3 is 14.2 Å². The van der Waals surface area contributed by atoms with Crippen LogP contribution in [0.2, 0.25) is 0 Å². The van der Waals surface area contributed by atoms with Crippen molar-refractivity contribution in [2.24, 2.45) is 5.41 Å². The first-order valence-corrected chi connectivity index (χ1v) is 10.9. The molecule has 2 saturated heterocycles. The Bertz CT molecular complexity index is 886. The molecule has 2 aliphatic rings. The molecule has 7 nitrogen and oxygen atoms in total. The van der Waals surface area contributed by atoms with Crippen LogP contribution in [0.1, 0.15) is 62.3 Å². The second-order valence-electron chi connectivity index (χ2n) is 9.27. The van der Waals surface area contributed by atoms with Crippen molar-refractivity contribution in [2.75, 3.05) is 33.3 Å². The van der Waals surface area contributed by atoms with Crippen LogP contribution < -0.4 is 4.74 Å². The third kappa shape index (κ3) is 4.36. The largest absolute Gasteiger partial charge is 0.484 e. The summed E-state index contributed by atoms with van der Waals surface area (Å²) in [5, 5.41) is 4.24. The molecule has 0 radical (unpaired) electrons. The smallest absolute Gasteiger partial charge is 0.260 e. The summed E-state index contributed by atoms with van der Waals surface area (Å²) < 4.78 is 11.1. The van der Waals surface area contributed by atoms with Crippen LogP contribution in [0.5, 0.6) is 5.75 Å². The van der Waals surface area contributed by atoms with Gasteiger partial charge in [-0.2, -0.15) is 4.98 Å². The summed E-state index contributed by atoms with van der Waals surface area (Å²) in [6, 6.07) is 8.00. The van der Waals surface area contributed by atoms with Gasteiger partial charge in [0.2, 0.25) is 5.89 Å². The lowest BCUT2D eigenvalue weighted by Gasteiger charge is -2.39. The second-order valence-corrected chi connectivity index (χ2v) is 9.27. The van der Waals surface area contributed by atoms with E-state index in [4.69, 9.17) is 9.26 Å². The summed E-state index contributed by atoms with van der Waals surface area (Å²) in [7, 11) is 2.14. The summed E-state index contributed by atoms with van der Waals surface area (Å²) in [5.41, 5.74) is 1.34. The van der Waals surface area contributed by atoms with E-state index in [9.17, 15) is 4.79 Å². The van der Waals surface area contributed by atoms with Crippen molar-refractivity contribution < 1.29 is 14.1 Å². The Kier molecular flexibility index (Phi) is 5.82. The molecular formula is C23H32N4O3. The number of carbonyl (C=O) groups is 1. The number of likely N-dealkylation sites (tertiary alicyclic amines) is 2. The lowest BCUT2D eigenvalue weighted by Crippen LogP contribution is -2.45. The predicted octanol–water partition coefficient (Wildman–Crippen LogP) is 3.57. The van der Waals surface area contributed by atoms with Gasteiger partial charge in [0.15, 0.2) is 12.4 Å². The average Bonchev–Trinajstić information content (AvgIpc) is 3.32. The van der Waals surface area contributed by atoms with E-state index in [2.05, 4.69) is 35.9 Å². The van der Waals surface area contributed by atoms with E-state index in [1.807, 2.05) is 36.1 Å². The van der Waals surface area contributed by atoms with Crippen molar-refractivity contribution in [2.45, 2.75) is 52.0 Å². The monoisotopic (exact) mass is 412 g/mol. The van der Waals surface area contributed by atoms with Crippen LogP contribution in [-0.4, -0.2) is 59.1 Å². The highest BCUT2D eigenvalue weighted by molar-refractivity contribution is 5.77. The van der Waals surface area contributed by atoms with Gasteiger partial charge >= 0.3 is 0 Å². The van der Waals surface area contributed by atoms with E-state index in [-0.39, 0.29) is 29.9 Å². The molecule has 2 fully saturated rings. The van der Waals surface area contributed by atoms with Crippen LogP contribution in [0.25, 0.3) is 0 Å². The number of hydrogen-bond acceptors (Lipinski definition) is 6. The van der Waals surface area contributed by atoms with Crippen LogP contribution in [0.4, 0.5) is 0 Å². The van der Waals surface area contributed by atoms with Crippen molar-refractivity contribution in [3.8, 4) is 5.75 Å². The molecule has 4 rings (SSSR count). The highest BCUT2D eigenvalue weighted by Gasteiger charge is 2.46. The molecule has 1 spiro atoms. The van der Waals surface area contributed by atoms with Crippen molar-refractivity contribution in [1.82, 2.24) is 19.9 Å². The van der Waals surface area contributed by atoms with Gasteiger partial charge in [-0.3, -0.25) is 9.69 Å². The Morgan fingerprint density at radius 3 is 2.77 bits per heavy atom. The molecule has 1 aromatic carbocycles. The third-order valence-corrected chi connectivity index (χ3v) is 6.52. The molecule has 1 unspecified atom stereocenters. The van der Waals surface area contributed by atoms with Crippen LogP contribution in [0.15, 0.2) is 28.8 Å². The molecule has 1 aromatic heterocycles. The van der Waals surface area contributed by atoms with Gasteiger partial charge in [-0.25, -0.2) is 0 Å². The molecule has 162 valence electrons. The van der Waals surface area contributed by atoms with Crippen molar-refractivity contribution >= 4 is 5.91 Å². The fraction of sp³-hybridized carbons (Fsp3) is 0.609. The maximum absolute atomic E-state index is 12.6. The van der Waals surface area contributed by atoms with Crippen LogP contribution >= 0.6 is 0 Å². The molecule has 2 aliphatic heterocycles. The number of carbonyl (C=O) groups excluding carboxylic acids is 1. The van der Waals surface area contributed by atoms with Gasteiger partial charge in [-0.15, -0.1) is 0 Å². The summed E-state index contributed by atoms with van der Waals surface area (Å²) in [5.74, 6) is 2.55. The van der Waals surface area contributed by atoms with E-state index in [0.717, 1.165) is 56.0 Å². The van der Waals surface area contributed by atoms with Gasteiger partial charge in [0.1, 0.15) is 5.75 Å². The lowest BCUT2D eigenvalue weighted by molar-refractivity contribution is -0.135. The molecule has 0 N–H and O–H groups in total. The van der Waals surface area contributed by atoms with E-state index >= 15 is 0 Å². The normalized spacial score (nSPS) is 21.5. The summed E-state index contributed by atoms with van der Waals surface area (Å²) >= 11 is 0. The number of benzene rings is 1. The first-order chi connectivity index (χ1) is 14.3. The zero-order valence-electron chi connectivity index (χ0n) is 18.4. The molecule has 30 heavy (non-hydrogen) atoms. The number of aryl methyl sites for hydroxylation is 1. The quantitative estimate of drug-likeness (QED) is 0.748. The maximum atomic E-state index is 12.6. The second kappa shape index (κ2) is 8.38. The van der Waals surface area contributed by atoms with Gasteiger partial charge in [-0.1, -0.05) is 31.1 Å². The average molecular weight is 413 g/mol. The molecule has 7 heteroatoms. The minimum absolute atomic E-state index is 0.0639. The standard InChI is InChI=1S/C23H32N4O3/c1-16(2)22-24-21(25-30-22)19-13-23(15-26(19)4)8-10-27(11-9-23)20(28)14-29-18-7-5-6-17(3)12-18/h5-7,12,16,19H,8-11,13-15H2,1-4H3. The molecule has 1 atom stereocenters. The van der Waals surface area contributed by atoms with Crippen molar-refractivity contribution in [1.29, 1.82) is 0 Å². The first-order valence-electron chi connectivity index (χ1n) is 10.9. The topological polar surface area (TPSA) is 71.7 Å². The van der Waals surface area contributed by atoms with Gasteiger partial charge in [-0.05, 0) is 56.3 Å². The first kappa shape index (κ1) is 20.8. The number of amides is 1. The van der Waals surface area contributed by atoms with Gasteiger partial charge in [0.25, 0.3) is 5.91 Å². The molecule has 2 aromatic rings. The van der Waals surface area contributed by atoms with E-state index in [1.165, 1.54) is 0 Å². The van der Waals surface area contributed by atoms with Crippen molar-refractivity contribution in [3.63, 3.8) is 0 Å². The fourth-order valence-corrected chi connectivity index (χ4v) is 4.71. The summed E-state index contributed by atoms with van der Waals surface area (Å²) in [6.07, 6.45) is 3.01. The Morgan fingerprint density at radius 2 is 2.10 bits per heavy atom. The van der Waals surface area contributed by atoms with E-state index < -0.39 is 0 Å². The van der Waals surface area contributed by atoms with Crippen LogP contribution in [0, 0.1) is 12.3 Å². The molecule has 3 heterocycles. The number of aromatic nitrogens is 2. The Hall–Kier alpha value is -2.41. The highest BCUT2D eigenvalue weighted by atomic mass is 16.5. The van der Waals surface area contributed by atoms with Crippen LogP contribution in [0.3, 0.4) is 0 Å². The van der Waals surface area contributed by atoms with E-state index in [1.54, 1.807) is 0 Å². The predicted molar refractivity (Wildman–Crippen MR) is 113 cm³/mol. The summed E-state index contributed by atoms with van der Waals surface area (Å²) in [6.45, 7) is 8.80. The SMILES string of the molecule is Cc1cccc(OCC(=O)N2CCC3(CC2)CC(c2noc(C(C)C)n2)N(C)C3)c1. The highest BCUT2D eigenvalue weighted by Crippen LogP contribution is 2.47. The minimum atomic E-state index is 0.0639. The summed E-state index contributed by atoms with van der Waals surface area (Å²) in [4.78, 5) is 21.5. The van der Waals surface area contributed by atoms with Crippen LogP contribution in [-0.2, 0) is 4.79 Å². The van der Waals surface area contributed by atoms with Gasteiger partial charge in [0, 0.05) is 25.6 Å². The Balaban J connectivity index is 1.31. The number of hydrogen-bond donors (Lipinski definition) is 0. The zero-order valence-corrected chi connectivity index (χ0v) is 18.4. The molecule has 0 saturated carbocycles. The molecule has 0 aliphatic carbocycles. The number of rotatable bonds is 5. The number of ether oxygens (including phenoxy) is 1. The zero-order chi connectivity index (χ0) is 21.3. The Labute approximate surface area is 178 Å². The third-order valence-electron chi connectivity index (χ3n) is 6.52. The lowest BCUT2D eigenvalue weighted by atomic mass is 9.76. The molecule has 1 amide bonds. The van der Waals surface area contributed by atoms with Crippen molar-refractivity contribution in [3.05, 3.63) is 41.5 Å².